The molecule has 3 heteroatoms. The topological polar surface area (TPSA) is 25.2 Å². The Morgan fingerprint density at radius 3 is 2.94 bits per heavy atom. The van der Waals surface area contributed by atoms with Gasteiger partial charge in [-0.1, -0.05) is 6.92 Å². The van der Waals surface area contributed by atoms with Crippen LogP contribution in [0.5, 0.6) is 0 Å². The summed E-state index contributed by atoms with van der Waals surface area (Å²) in [4.78, 5) is 0. The van der Waals surface area contributed by atoms with Crippen molar-refractivity contribution in [2.75, 3.05) is 13.1 Å². The molecule has 0 spiro atoms. The van der Waals surface area contributed by atoms with Crippen molar-refractivity contribution in [3.05, 3.63) is 34.0 Å². The second-order valence-corrected chi connectivity index (χ2v) is 4.84. The first-order chi connectivity index (χ1) is 7.72. The van der Waals surface area contributed by atoms with E-state index < -0.39 is 0 Å². The van der Waals surface area contributed by atoms with E-state index in [4.69, 9.17) is 4.42 Å². The molecule has 0 unspecified atom stereocenters. The van der Waals surface area contributed by atoms with Crippen LogP contribution in [0, 0.1) is 6.92 Å². The maximum atomic E-state index is 5.59. The third-order valence-electron chi connectivity index (χ3n) is 2.67. The minimum absolute atomic E-state index is 0.956. The third kappa shape index (κ3) is 2.30. The van der Waals surface area contributed by atoms with E-state index in [-0.39, 0.29) is 0 Å². The Bertz CT molecular complexity index is 490. The van der Waals surface area contributed by atoms with Gasteiger partial charge in [0.15, 0.2) is 0 Å². The second-order valence-electron chi connectivity index (χ2n) is 3.99. The first-order valence-electron chi connectivity index (χ1n) is 5.59. The van der Waals surface area contributed by atoms with Crippen molar-refractivity contribution >= 4 is 26.9 Å². The van der Waals surface area contributed by atoms with Gasteiger partial charge in [-0.25, -0.2) is 0 Å². The lowest BCUT2D eigenvalue weighted by Gasteiger charge is -2.01. The fraction of sp³-hybridized carbons (Fsp3) is 0.385. The minimum Gasteiger partial charge on any atom is -0.463 e. The average molecular weight is 282 g/mol. The molecule has 2 nitrogen and oxygen atoms in total. The highest BCUT2D eigenvalue weighted by Crippen LogP contribution is 2.29. The summed E-state index contributed by atoms with van der Waals surface area (Å²) < 4.78 is 6.63. The minimum atomic E-state index is 0.956. The van der Waals surface area contributed by atoms with E-state index in [2.05, 4.69) is 47.2 Å². The van der Waals surface area contributed by atoms with Gasteiger partial charge in [-0.05, 0) is 65.6 Å². The lowest BCUT2D eigenvalue weighted by molar-refractivity contribution is 0.605. The summed E-state index contributed by atoms with van der Waals surface area (Å²) in [5.74, 6) is 0. The summed E-state index contributed by atoms with van der Waals surface area (Å²) >= 11 is 3.53. The smallest absolute Gasteiger partial charge is 0.148 e. The molecule has 0 atom stereocenters. The molecular formula is C13H16BrNO. The zero-order valence-electron chi connectivity index (χ0n) is 9.64. The highest BCUT2D eigenvalue weighted by atomic mass is 79.9. The van der Waals surface area contributed by atoms with Crippen molar-refractivity contribution in [1.82, 2.24) is 5.32 Å². The fourth-order valence-corrected chi connectivity index (χ4v) is 2.54. The quantitative estimate of drug-likeness (QED) is 0.866. The average Bonchev–Trinajstić information content (AvgIpc) is 2.62. The summed E-state index contributed by atoms with van der Waals surface area (Å²) in [6.07, 6.45) is 2.88. The van der Waals surface area contributed by atoms with E-state index >= 15 is 0 Å². The van der Waals surface area contributed by atoms with Crippen molar-refractivity contribution in [3.63, 3.8) is 0 Å². The van der Waals surface area contributed by atoms with Gasteiger partial charge in [0.25, 0.3) is 0 Å². The highest BCUT2D eigenvalue weighted by molar-refractivity contribution is 9.10. The number of furan rings is 1. The van der Waals surface area contributed by atoms with Crippen LogP contribution in [0.3, 0.4) is 0 Å². The number of aryl methyl sites for hydroxylation is 1. The predicted molar refractivity (Wildman–Crippen MR) is 70.9 cm³/mol. The van der Waals surface area contributed by atoms with Crippen molar-refractivity contribution in [1.29, 1.82) is 0 Å². The molecule has 0 saturated heterocycles. The molecule has 0 aliphatic heterocycles. The first kappa shape index (κ1) is 11.7. The van der Waals surface area contributed by atoms with Crippen LogP contribution in [0.15, 0.2) is 27.3 Å². The van der Waals surface area contributed by atoms with E-state index in [1.807, 2.05) is 6.26 Å². The van der Waals surface area contributed by atoms with Crippen molar-refractivity contribution < 1.29 is 4.42 Å². The van der Waals surface area contributed by atoms with Crippen LogP contribution in [0.4, 0.5) is 0 Å². The fourth-order valence-electron chi connectivity index (χ4n) is 1.87. The Morgan fingerprint density at radius 1 is 1.38 bits per heavy atom. The molecule has 0 fully saturated rings. The molecule has 2 rings (SSSR count). The summed E-state index contributed by atoms with van der Waals surface area (Å²) in [5.41, 5.74) is 3.49. The van der Waals surface area contributed by atoms with Gasteiger partial charge < -0.3 is 9.73 Å². The van der Waals surface area contributed by atoms with Crippen molar-refractivity contribution in [2.24, 2.45) is 0 Å². The number of fused-ring (bicyclic) bond motifs is 1. The zero-order valence-corrected chi connectivity index (χ0v) is 11.2. The van der Waals surface area contributed by atoms with Gasteiger partial charge in [0, 0.05) is 5.39 Å². The zero-order chi connectivity index (χ0) is 11.5. The number of halogens is 1. The van der Waals surface area contributed by atoms with Gasteiger partial charge in [-0.3, -0.25) is 0 Å². The van der Waals surface area contributed by atoms with Crippen LogP contribution in [-0.2, 0) is 6.42 Å². The molecule has 1 heterocycles. The van der Waals surface area contributed by atoms with Crippen LogP contribution < -0.4 is 5.32 Å². The Labute approximate surface area is 104 Å². The lowest BCUT2D eigenvalue weighted by atomic mass is 10.1. The van der Waals surface area contributed by atoms with Gasteiger partial charge in [0.1, 0.15) is 5.58 Å². The molecule has 0 bridgehead atoms. The number of nitrogens with one attached hydrogen (secondary N) is 1. The van der Waals surface area contributed by atoms with Crippen LogP contribution in [0.25, 0.3) is 11.0 Å². The Balaban J connectivity index is 2.32. The third-order valence-corrected chi connectivity index (χ3v) is 3.26. The van der Waals surface area contributed by atoms with E-state index in [0.29, 0.717) is 0 Å². The molecule has 1 aromatic heterocycles. The molecular weight excluding hydrogens is 266 g/mol. The molecule has 16 heavy (non-hydrogen) atoms. The van der Waals surface area contributed by atoms with Gasteiger partial charge in [-0.15, -0.1) is 0 Å². The molecule has 0 aliphatic carbocycles. The normalized spacial score (nSPS) is 11.2. The van der Waals surface area contributed by atoms with Gasteiger partial charge in [0.2, 0.25) is 0 Å². The molecule has 1 aromatic carbocycles. The highest BCUT2D eigenvalue weighted by Gasteiger charge is 2.09. The molecule has 2 aromatic rings. The molecule has 0 amide bonds. The van der Waals surface area contributed by atoms with Crippen LogP contribution in [0.2, 0.25) is 0 Å². The molecule has 0 aliphatic rings. The van der Waals surface area contributed by atoms with E-state index in [9.17, 15) is 0 Å². The van der Waals surface area contributed by atoms with Crippen molar-refractivity contribution in [3.8, 4) is 0 Å². The standard InChI is InChI=1S/C13H16BrNO/c1-3-15-5-4-10-8-16-13-11(10)6-9(2)7-12(13)14/h6-8,15H,3-5H2,1-2H3. The lowest BCUT2D eigenvalue weighted by Crippen LogP contribution is -2.15. The summed E-state index contributed by atoms with van der Waals surface area (Å²) in [6.45, 7) is 6.23. The second kappa shape index (κ2) is 5.02. The number of hydrogen-bond donors (Lipinski definition) is 1. The Kier molecular flexibility index (Phi) is 3.66. The number of hydrogen-bond acceptors (Lipinski definition) is 2. The largest absolute Gasteiger partial charge is 0.463 e. The summed E-state index contributed by atoms with van der Waals surface area (Å²) in [7, 11) is 0. The maximum Gasteiger partial charge on any atom is 0.148 e. The van der Waals surface area contributed by atoms with Crippen molar-refractivity contribution in [2.45, 2.75) is 20.3 Å². The number of rotatable bonds is 4. The van der Waals surface area contributed by atoms with Gasteiger partial charge in [0.05, 0.1) is 10.7 Å². The Morgan fingerprint density at radius 2 is 2.19 bits per heavy atom. The van der Waals surface area contributed by atoms with Crippen LogP contribution >= 0.6 is 15.9 Å². The molecule has 0 saturated carbocycles. The monoisotopic (exact) mass is 281 g/mol. The molecule has 1 N–H and O–H groups in total. The van der Waals surface area contributed by atoms with Crippen LogP contribution in [0.1, 0.15) is 18.1 Å². The predicted octanol–water partition coefficient (Wildman–Crippen LogP) is 3.66. The van der Waals surface area contributed by atoms with E-state index in [1.54, 1.807) is 0 Å². The first-order valence-corrected chi connectivity index (χ1v) is 6.38. The molecule has 0 radical (unpaired) electrons. The van der Waals surface area contributed by atoms with Gasteiger partial charge >= 0.3 is 0 Å². The number of benzene rings is 1. The number of likely N-dealkylation sites (N-methyl/N-ethyl adjacent to an activating group) is 1. The van der Waals surface area contributed by atoms with E-state index in [1.165, 1.54) is 16.5 Å². The SMILES string of the molecule is CCNCCc1coc2c(Br)cc(C)cc12. The maximum absolute atomic E-state index is 5.59. The summed E-state index contributed by atoms with van der Waals surface area (Å²) in [5, 5.41) is 4.55. The Hall–Kier alpha value is -0.800. The van der Waals surface area contributed by atoms with Crippen LogP contribution in [-0.4, -0.2) is 13.1 Å². The van der Waals surface area contributed by atoms with E-state index in [0.717, 1.165) is 29.6 Å². The molecule has 86 valence electrons. The van der Waals surface area contributed by atoms with Gasteiger partial charge in [-0.2, -0.15) is 0 Å². The summed E-state index contributed by atoms with van der Waals surface area (Å²) in [6, 6.07) is 4.27.